The molecule has 26 heavy (non-hydrogen) atoms. The molecular formula is C20H18FN3O2. The van der Waals surface area contributed by atoms with Crippen molar-refractivity contribution in [3.63, 3.8) is 0 Å². The second-order valence-electron chi connectivity index (χ2n) is 5.83. The Bertz CT molecular complexity index is 919. The van der Waals surface area contributed by atoms with E-state index in [0.29, 0.717) is 5.82 Å². The molecule has 0 fully saturated rings. The zero-order chi connectivity index (χ0) is 18.5. The second kappa shape index (κ2) is 7.74. The van der Waals surface area contributed by atoms with E-state index >= 15 is 0 Å². The van der Waals surface area contributed by atoms with Gasteiger partial charge in [0.15, 0.2) is 0 Å². The number of rotatable bonds is 6. The summed E-state index contributed by atoms with van der Waals surface area (Å²) >= 11 is 0. The fourth-order valence-corrected chi connectivity index (χ4v) is 2.48. The zero-order valence-corrected chi connectivity index (χ0v) is 14.4. The number of halogens is 1. The van der Waals surface area contributed by atoms with Crippen LogP contribution >= 0.6 is 0 Å². The standard InChI is InChI=1S/C20H18FN3O2/c1-3-12-24(20(25)16-6-4-5-7-17(16)21)13-18-22-19(23-26-18)15-10-8-14(2)9-11-15/h3-11H,1,12-13H2,2H3. The summed E-state index contributed by atoms with van der Waals surface area (Å²) in [5, 5.41) is 3.95. The van der Waals surface area contributed by atoms with E-state index in [2.05, 4.69) is 16.7 Å². The van der Waals surface area contributed by atoms with Crippen LogP contribution in [0.4, 0.5) is 4.39 Å². The van der Waals surface area contributed by atoms with Crippen LogP contribution in [0.3, 0.4) is 0 Å². The first kappa shape index (κ1) is 17.5. The number of hydrogen-bond donors (Lipinski definition) is 0. The molecule has 0 aliphatic carbocycles. The highest BCUT2D eigenvalue weighted by molar-refractivity contribution is 5.94. The Morgan fingerprint density at radius 2 is 1.96 bits per heavy atom. The summed E-state index contributed by atoms with van der Waals surface area (Å²) in [6, 6.07) is 13.6. The first-order valence-corrected chi connectivity index (χ1v) is 8.13. The predicted octanol–water partition coefficient (Wildman–Crippen LogP) is 4.01. The van der Waals surface area contributed by atoms with Crippen LogP contribution in [-0.2, 0) is 6.54 Å². The third-order valence-corrected chi connectivity index (χ3v) is 3.84. The van der Waals surface area contributed by atoms with Gasteiger partial charge in [0.2, 0.25) is 11.7 Å². The number of hydrogen-bond acceptors (Lipinski definition) is 4. The molecule has 5 nitrogen and oxygen atoms in total. The van der Waals surface area contributed by atoms with Gasteiger partial charge in [-0.25, -0.2) is 4.39 Å². The maximum absolute atomic E-state index is 13.9. The third-order valence-electron chi connectivity index (χ3n) is 3.84. The Morgan fingerprint density at radius 3 is 2.65 bits per heavy atom. The van der Waals surface area contributed by atoms with Gasteiger partial charge in [0, 0.05) is 12.1 Å². The smallest absolute Gasteiger partial charge is 0.257 e. The maximum atomic E-state index is 13.9. The van der Waals surface area contributed by atoms with Crippen LogP contribution in [-0.4, -0.2) is 27.5 Å². The van der Waals surface area contributed by atoms with Gasteiger partial charge in [-0.05, 0) is 19.1 Å². The molecular weight excluding hydrogens is 333 g/mol. The SMILES string of the molecule is C=CCN(Cc1nc(-c2ccc(C)cc2)no1)C(=O)c1ccccc1F. The van der Waals surface area contributed by atoms with Crippen LogP contribution in [0.2, 0.25) is 0 Å². The third kappa shape index (κ3) is 3.85. The molecule has 6 heteroatoms. The number of aromatic nitrogens is 2. The molecule has 0 spiro atoms. The Morgan fingerprint density at radius 1 is 1.23 bits per heavy atom. The summed E-state index contributed by atoms with van der Waals surface area (Å²) in [5.74, 6) is -0.320. The first-order valence-electron chi connectivity index (χ1n) is 8.13. The molecule has 0 atom stereocenters. The molecule has 1 amide bonds. The number of benzene rings is 2. The van der Waals surface area contributed by atoms with Gasteiger partial charge in [0.05, 0.1) is 5.56 Å². The molecule has 3 aromatic rings. The number of nitrogens with zero attached hydrogens (tertiary/aromatic N) is 3. The van der Waals surface area contributed by atoms with Crippen molar-refractivity contribution in [1.82, 2.24) is 15.0 Å². The van der Waals surface area contributed by atoms with Crippen molar-refractivity contribution in [3.8, 4) is 11.4 Å². The van der Waals surface area contributed by atoms with E-state index in [4.69, 9.17) is 4.52 Å². The lowest BCUT2D eigenvalue weighted by Crippen LogP contribution is -2.31. The molecule has 0 saturated carbocycles. The summed E-state index contributed by atoms with van der Waals surface area (Å²) in [4.78, 5) is 18.4. The summed E-state index contributed by atoms with van der Waals surface area (Å²) in [6.45, 7) is 5.94. The molecule has 2 aromatic carbocycles. The summed E-state index contributed by atoms with van der Waals surface area (Å²) in [7, 11) is 0. The van der Waals surface area contributed by atoms with Crippen molar-refractivity contribution in [3.05, 3.63) is 84.0 Å². The second-order valence-corrected chi connectivity index (χ2v) is 5.83. The minimum atomic E-state index is -0.572. The van der Waals surface area contributed by atoms with Crippen molar-refractivity contribution in [2.75, 3.05) is 6.54 Å². The topological polar surface area (TPSA) is 59.2 Å². The lowest BCUT2D eigenvalue weighted by Gasteiger charge is -2.19. The van der Waals surface area contributed by atoms with Crippen molar-refractivity contribution < 1.29 is 13.7 Å². The van der Waals surface area contributed by atoms with E-state index < -0.39 is 11.7 Å². The molecule has 0 radical (unpaired) electrons. The molecule has 0 saturated heterocycles. The molecule has 3 rings (SSSR count). The maximum Gasteiger partial charge on any atom is 0.257 e. The Hall–Kier alpha value is -3.28. The van der Waals surface area contributed by atoms with E-state index in [1.807, 2.05) is 31.2 Å². The Labute approximate surface area is 150 Å². The molecule has 0 aliphatic rings. The molecule has 132 valence electrons. The normalized spacial score (nSPS) is 10.5. The van der Waals surface area contributed by atoms with E-state index in [9.17, 15) is 9.18 Å². The fourth-order valence-electron chi connectivity index (χ4n) is 2.48. The van der Waals surface area contributed by atoms with E-state index in [1.165, 1.54) is 23.1 Å². The van der Waals surface area contributed by atoms with Gasteiger partial charge in [-0.1, -0.05) is 53.2 Å². The highest BCUT2D eigenvalue weighted by Crippen LogP contribution is 2.18. The highest BCUT2D eigenvalue weighted by atomic mass is 19.1. The van der Waals surface area contributed by atoms with Crippen LogP contribution in [0, 0.1) is 12.7 Å². The van der Waals surface area contributed by atoms with Crippen molar-refractivity contribution in [2.24, 2.45) is 0 Å². The predicted molar refractivity (Wildman–Crippen MR) is 95.8 cm³/mol. The largest absolute Gasteiger partial charge is 0.337 e. The van der Waals surface area contributed by atoms with Gasteiger partial charge in [0.1, 0.15) is 12.4 Å². The van der Waals surface area contributed by atoms with Gasteiger partial charge in [-0.2, -0.15) is 4.98 Å². The van der Waals surface area contributed by atoms with Crippen LogP contribution in [0.15, 0.2) is 65.7 Å². The van der Waals surface area contributed by atoms with Gasteiger partial charge in [0.25, 0.3) is 5.91 Å². The first-order chi connectivity index (χ1) is 12.6. The number of carbonyl (C=O) groups is 1. The molecule has 1 aromatic heterocycles. The van der Waals surface area contributed by atoms with Gasteiger partial charge in [-0.15, -0.1) is 6.58 Å². The van der Waals surface area contributed by atoms with Gasteiger partial charge in [-0.3, -0.25) is 4.79 Å². The van der Waals surface area contributed by atoms with Crippen molar-refractivity contribution >= 4 is 5.91 Å². The minimum absolute atomic E-state index is 0.00683. The lowest BCUT2D eigenvalue weighted by atomic mass is 10.1. The van der Waals surface area contributed by atoms with E-state index in [1.54, 1.807) is 12.1 Å². The van der Waals surface area contributed by atoms with Crippen LogP contribution < -0.4 is 0 Å². The molecule has 0 aliphatic heterocycles. The summed E-state index contributed by atoms with van der Waals surface area (Å²) < 4.78 is 19.2. The molecule has 1 heterocycles. The average Bonchev–Trinajstić information content (AvgIpc) is 3.10. The lowest BCUT2D eigenvalue weighted by molar-refractivity contribution is 0.0740. The van der Waals surface area contributed by atoms with E-state index in [0.717, 1.165) is 11.1 Å². The van der Waals surface area contributed by atoms with Crippen LogP contribution in [0.25, 0.3) is 11.4 Å². The minimum Gasteiger partial charge on any atom is -0.337 e. The van der Waals surface area contributed by atoms with Gasteiger partial charge < -0.3 is 9.42 Å². The average molecular weight is 351 g/mol. The molecule has 0 N–H and O–H groups in total. The van der Waals surface area contributed by atoms with Crippen LogP contribution in [0.5, 0.6) is 0 Å². The summed E-state index contributed by atoms with van der Waals surface area (Å²) in [6.07, 6.45) is 1.57. The number of aryl methyl sites for hydroxylation is 1. The van der Waals surface area contributed by atoms with Crippen molar-refractivity contribution in [1.29, 1.82) is 0 Å². The van der Waals surface area contributed by atoms with Crippen LogP contribution in [0.1, 0.15) is 21.8 Å². The molecule has 0 unspecified atom stereocenters. The Balaban J connectivity index is 1.80. The Kier molecular flexibility index (Phi) is 5.22. The monoisotopic (exact) mass is 351 g/mol. The molecule has 0 bridgehead atoms. The van der Waals surface area contributed by atoms with Crippen molar-refractivity contribution in [2.45, 2.75) is 13.5 Å². The highest BCUT2D eigenvalue weighted by Gasteiger charge is 2.21. The zero-order valence-electron chi connectivity index (χ0n) is 14.4. The fraction of sp³-hybridized carbons (Fsp3) is 0.150. The van der Waals surface area contributed by atoms with Gasteiger partial charge >= 0.3 is 0 Å². The number of amides is 1. The number of carbonyl (C=O) groups excluding carboxylic acids is 1. The summed E-state index contributed by atoms with van der Waals surface area (Å²) in [5.41, 5.74) is 1.94. The quantitative estimate of drug-likeness (QED) is 0.630. The van der Waals surface area contributed by atoms with E-state index in [-0.39, 0.29) is 24.5 Å².